The van der Waals surface area contributed by atoms with Gasteiger partial charge in [0.05, 0.1) is 12.1 Å². The molecule has 0 fully saturated rings. The normalized spacial score (nSPS) is 11.4. The fourth-order valence-electron chi connectivity index (χ4n) is 0.536. The van der Waals surface area contributed by atoms with E-state index in [1.54, 1.807) is 0 Å². The summed E-state index contributed by atoms with van der Waals surface area (Å²) in [7, 11) is -3.08. The molecule has 0 bridgehead atoms. The first-order valence-electron chi connectivity index (χ1n) is 3.19. The van der Waals surface area contributed by atoms with Crippen LogP contribution in [0.4, 0.5) is 0 Å². The lowest BCUT2D eigenvalue weighted by Gasteiger charge is -2.00. The van der Waals surface area contributed by atoms with Gasteiger partial charge in [-0.15, -0.1) is 0 Å². The number of hydrogen-bond donors (Lipinski definition) is 3. The number of sulfonamides is 1. The van der Waals surface area contributed by atoms with E-state index in [0.717, 1.165) is 6.26 Å². The molecular formula is C5H13N3O2S. The third-order valence-corrected chi connectivity index (χ3v) is 1.72. The minimum absolute atomic E-state index is 0.0836. The molecule has 0 aromatic carbocycles. The van der Waals surface area contributed by atoms with Gasteiger partial charge >= 0.3 is 0 Å². The van der Waals surface area contributed by atoms with Crippen LogP contribution in [0.15, 0.2) is 0 Å². The number of hydrogen-bond acceptors (Lipinski definition) is 3. The molecular weight excluding hydrogens is 166 g/mol. The van der Waals surface area contributed by atoms with E-state index in [9.17, 15) is 8.42 Å². The zero-order valence-electron chi connectivity index (χ0n) is 6.42. The van der Waals surface area contributed by atoms with Gasteiger partial charge in [0.1, 0.15) is 0 Å². The van der Waals surface area contributed by atoms with E-state index in [2.05, 4.69) is 4.72 Å². The lowest BCUT2D eigenvalue weighted by atomic mass is 10.3. The molecule has 0 aliphatic carbocycles. The Hall–Kier alpha value is -0.620. The van der Waals surface area contributed by atoms with Crippen LogP contribution < -0.4 is 10.5 Å². The molecule has 0 rings (SSSR count). The highest BCUT2D eigenvalue weighted by Crippen LogP contribution is 1.85. The van der Waals surface area contributed by atoms with Crippen LogP contribution in [0, 0.1) is 5.41 Å². The van der Waals surface area contributed by atoms with Crippen molar-refractivity contribution in [3.05, 3.63) is 0 Å². The van der Waals surface area contributed by atoms with Crippen LogP contribution in [0.3, 0.4) is 0 Å². The first-order valence-corrected chi connectivity index (χ1v) is 5.08. The summed E-state index contributed by atoms with van der Waals surface area (Å²) in [6, 6.07) is 0. The van der Waals surface area contributed by atoms with Crippen LogP contribution in [0.25, 0.3) is 0 Å². The fraction of sp³-hybridized carbons (Fsp3) is 0.800. The molecule has 5 nitrogen and oxygen atoms in total. The molecule has 6 heteroatoms. The molecule has 0 aliphatic rings. The Kier molecular flexibility index (Phi) is 4.06. The highest BCUT2D eigenvalue weighted by molar-refractivity contribution is 7.88. The maximum absolute atomic E-state index is 10.5. The Bertz CT molecular complexity index is 222. The third kappa shape index (κ3) is 9.38. The van der Waals surface area contributed by atoms with Crippen LogP contribution in [-0.4, -0.2) is 27.1 Å². The first kappa shape index (κ1) is 10.4. The monoisotopic (exact) mass is 179 g/mol. The van der Waals surface area contributed by atoms with Gasteiger partial charge in [-0.1, -0.05) is 0 Å². The Morgan fingerprint density at radius 1 is 1.64 bits per heavy atom. The lowest BCUT2D eigenvalue weighted by Crippen LogP contribution is -2.24. The summed E-state index contributed by atoms with van der Waals surface area (Å²) < 4.78 is 23.3. The Balaban J connectivity index is 3.37. The van der Waals surface area contributed by atoms with E-state index in [1.807, 2.05) is 0 Å². The highest BCUT2D eigenvalue weighted by Gasteiger charge is 1.98. The Labute approximate surface area is 66.5 Å². The molecule has 66 valence electrons. The van der Waals surface area contributed by atoms with Crippen LogP contribution in [0.2, 0.25) is 0 Å². The lowest BCUT2D eigenvalue weighted by molar-refractivity contribution is 0.586. The SMILES string of the molecule is CS(=O)(=O)NCCCC(=N)N. The third-order valence-electron chi connectivity index (χ3n) is 0.987. The van der Waals surface area contributed by atoms with Crippen LogP contribution in [0.1, 0.15) is 12.8 Å². The summed E-state index contributed by atoms with van der Waals surface area (Å²) in [4.78, 5) is 0. The van der Waals surface area contributed by atoms with Crippen molar-refractivity contribution in [3.63, 3.8) is 0 Å². The predicted octanol–water partition coefficient (Wildman–Crippen LogP) is -0.748. The molecule has 0 heterocycles. The summed E-state index contributed by atoms with van der Waals surface area (Å²) in [5.41, 5.74) is 5.05. The van der Waals surface area contributed by atoms with Gasteiger partial charge in [0.25, 0.3) is 0 Å². The topological polar surface area (TPSA) is 96.0 Å². The summed E-state index contributed by atoms with van der Waals surface area (Å²) in [5, 5.41) is 6.83. The van der Waals surface area contributed by atoms with E-state index in [1.165, 1.54) is 0 Å². The van der Waals surface area contributed by atoms with Gasteiger partial charge in [0.15, 0.2) is 0 Å². The predicted molar refractivity (Wildman–Crippen MR) is 44.0 cm³/mol. The molecule has 0 saturated carbocycles. The smallest absolute Gasteiger partial charge is 0.208 e. The minimum atomic E-state index is -3.08. The molecule has 0 radical (unpaired) electrons. The minimum Gasteiger partial charge on any atom is -0.388 e. The summed E-state index contributed by atoms with van der Waals surface area (Å²) in [6.07, 6.45) is 2.10. The van der Waals surface area contributed by atoms with Crippen molar-refractivity contribution in [2.24, 2.45) is 5.73 Å². The highest BCUT2D eigenvalue weighted by atomic mass is 32.2. The number of rotatable bonds is 5. The van der Waals surface area contributed by atoms with Gasteiger partial charge < -0.3 is 5.73 Å². The van der Waals surface area contributed by atoms with E-state index in [-0.39, 0.29) is 5.84 Å². The van der Waals surface area contributed by atoms with Gasteiger partial charge in [-0.25, -0.2) is 13.1 Å². The standard InChI is InChI=1S/C5H13N3O2S/c1-11(9,10)8-4-2-3-5(6)7/h8H,2-4H2,1H3,(H3,6,7). The van der Waals surface area contributed by atoms with E-state index in [4.69, 9.17) is 11.1 Å². The van der Waals surface area contributed by atoms with Gasteiger partial charge in [-0.3, -0.25) is 5.41 Å². The van der Waals surface area contributed by atoms with Gasteiger partial charge in [0, 0.05) is 13.0 Å². The van der Waals surface area contributed by atoms with Crippen molar-refractivity contribution in [1.29, 1.82) is 5.41 Å². The number of nitrogens with one attached hydrogen (secondary N) is 2. The molecule has 0 saturated heterocycles. The first-order chi connectivity index (χ1) is 4.92. The molecule has 0 aliphatic heterocycles. The molecule has 0 amide bonds. The van der Waals surface area contributed by atoms with Crippen LogP contribution in [-0.2, 0) is 10.0 Å². The molecule has 0 unspecified atom stereocenters. The molecule has 0 aromatic rings. The van der Waals surface area contributed by atoms with Crippen molar-refractivity contribution < 1.29 is 8.42 Å². The zero-order valence-corrected chi connectivity index (χ0v) is 7.24. The maximum Gasteiger partial charge on any atom is 0.208 e. The molecule has 4 N–H and O–H groups in total. The van der Waals surface area contributed by atoms with E-state index >= 15 is 0 Å². The summed E-state index contributed by atoms with van der Waals surface area (Å²) in [6.45, 7) is 0.346. The fourth-order valence-corrected chi connectivity index (χ4v) is 1.05. The van der Waals surface area contributed by atoms with E-state index in [0.29, 0.717) is 19.4 Å². The molecule has 0 spiro atoms. The van der Waals surface area contributed by atoms with Crippen LogP contribution in [0.5, 0.6) is 0 Å². The second kappa shape index (κ2) is 4.30. The van der Waals surface area contributed by atoms with Crippen LogP contribution >= 0.6 is 0 Å². The second-order valence-electron chi connectivity index (χ2n) is 2.30. The number of amidine groups is 1. The Morgan fingerprint density at radius 3 is 2.55 bits per heavy atom. The molecule has 11 heavy (non-hydrogen) atoms. The Morgan fingerprint density at radius 2 is 2.18 bits per heavy atom. The van der Waals surface area contributed by atoms with Crippen molar-refractivity contribution in [3.8, 4) is 0 Å². The largest absolute Gasteiger partial charge is 0.388 e. The number of nitrogens with two attached hydrogens (primary N) is 1. The van der Waals surface area contributed by atoms with Gasteiger partial charge in [0.2, 0.25) is 10.0 Å². The summed E-state index contributed by atoms with van der Waals surface area (Å²) >= 11 is 0. The maximum atomic E-state index is 10.5. The quantitative estimate of drug-likeness (QED) is 0.294. The van der Waals surface area contributed by atoms with Gasteiger partial charge in [-0.05, 0) is 6.42 Å². The summed E-state index contributed by atoms with van der Waals surface area (Å²) in [5.74, 6) is 0.0836. The van der Waals surface area contributed by atoms with Crippen molar-refractivity contribution in [2.45, 2.75) is 12.8 Å². The van der Waals surface area contributed by atoms with Gasteiger partial charge in [-0.2, -0.15) is 0 Å². The van der Waals surface area contributed by atoms with Crippen molar-refractivity contribution in [1.82, 2.24) is 4.72 Å². The van der Waals surface area contributed by atoms with Crippen molar-refractivity contribution >= 4 is 15.9 Å². The average molecular weight is 179 g/mol. The molecule has 0 aromatic heterocycles. The molecule has 0 atom stereocenters. The second-order valence-corrected chi connectivity index (χ2v) is 4.13. The van der Waals surface area contributed by atoms with E-state index < -0.39 is 10.0 Å². The average Bonchev–Trinajstić information content (AvgIpc) is 1.78. The zero-order chi connectivity index (χ0) is 8.91. The van der Waals surface area contributed by atoms with Crippen molar-refractivity contribution in [2.75, 3.05) is 12.8 Å².